The third-order valence-electron chi connectivity index (χ3n) is 5.35. The van der Waals surface area contributed by atoms with Gasteiger partial charge < -0.3 is 15.2 Å². The molecule has 0 atom stereocenters. The molecule has 1 saturated heterocycles. The number of aromatic nitrogens is 2. The Morgan fingerprint density at radius 1 is 1.00 bits per heavy atom. The summed E-state index contributed by atoms with van der Waals surface area (Å²) < 4.78 is 6.84. The summed E-state index contributed by atoms with van der Waals surface area (Å²) in [5.74, 6) is 0. The molecule has 134 valence electrons. The summed E-state index contributed by atoms with van der Waals surface area (Å²) in [4.78, 5) is 21.6. The maximum Gasteiger partial charge on any atom is 0.299 e. The van der Waals surface area contributed by atoms with Crippen molar-refractivity contribution in [3.8, 4) is 5.69 Å². The third kappa shape index (κ3) is 2.55. The second-order valence-corrected chi connectivity index (χ2v) is 7.04. The number of piperazine rings is 1. The molecule has 0 radical (unpaired) electrons. The van der Waals surface area contributed by atoms with Crippen LogP contribution in [0.5, 0.6) is 0 Å². The van der Waals surface area contributed by atoms with Crippen LogP contribution in [0.3, 0.4) is 0 Å². The Labute approximate surface area is 150 Å². The lowest BCUT2D eigenvalue weighted by atomic mass is 10.2. The molecule has 1 saturated carbocycles. The van der Waals surface area contributed by atoms with Crippen LogP contribution in [-0.2, 0) is 0 Å². The van der Waals surface area contributed by atoms with E-state index in [1.165, 1.54) is 29.5 Å². The first-order chi connectivity index (χ1) is 12.7. The number of fused-ring (bicyclic) bond motifs is 1. The van der Waals surface area contributed by atoms with Gasteiger partial charge in [0, 0.05) is 44.1 Å². The number of anilines is 2. The maximum atomic E-state index is 12.6. The quantitative estimate of drug-likeness (QED) is 0.776. The first-order valence-electron chi connectivity index (χ1n) is 9.07. The van der Waals surface area contributed by atoms with E-state index in [2.05, 4.69) is 14.8 Å². The fourth-order valence-corrected chi connectivity index (χ4v) is 3.72. The summed E-state index contributed by atoms with van der Waals surface area (Å²) in [6.07, 6.45) is 4.26. The van der Waals surface area contributed by atoms with Crippen LogP contribution in [0.4, 0.5) is 11.4 Å². The van der Waals surface area contributed by atoms with Crippen LogP contribution in [0.25, 0.3) is 16.8 Å². The number of nitrogen functional groups attached to an aromatic ring is 1. The van der Waals surface area contributed by atoms with E-state index >= 15 is 0 Å². The number of rotatable bonds is 3. The standard InChI is InChI=1S/C19H21N5O2/c20-16-7-8-21-18-17(16)19(25)24(26-18)15-5-3-14(4-6-15)23-11-9-22(10-12-23)13-1-2-13/h3-8,13H,1-2,9-12H2,(H2,20,21). The van der Waals surface area contributed by atoms with E-state index < -0.39 is 0 Å². The number of pyridine rings is 1. The van der Waals surface area contributed by atoms with Gasteiger partial charge in [-0.3, -0.25) is 9.69 Å². The van der Waals surface area contributed by atoms with Crippen molar-refractivity contribution in [2.24, 2.45) is 0 Å². The van der Waals surface area contributed by atoms with E-state index in [0.717, 1.165) is 32.2 Å². The molecule has 5 rings (SSSR count). The highest BCUT2D eigenvalue weighted by atomic mass is 16.5. The molecule has 0 spiro atoms. The molecule has 0 amide bonds. The van der Waals surface area contributed by atoms with Crippen LogP contribution < -0.4 is 16.2 Å². The van der Waals surface area contributed by atoms with Crippen molar-refractivity contribution in [2.45, 2.75) is 18.9 Å². The average Bonchev–Trinajstić information content (AvgIpc) is 3.46. The molecule has 2 aliphatic rings. The Hall–Kier alpha value is -2.80. The van der Waals surface area contributed by atoms with Gasteiger partial charge in [-0.05, 0) is 43.2 Å². The number of nitrogens with two attached hydrogens (primary N) is 1. The van der Waals surface area contributed by atoms with Crippen LogP contribution in [0, 0.1) is 0 Å². The summed E-state index contributed by atoms with van der Waals surface area (Å²) in [6, 6.07) is 10.3. The predicted octanol–water partition coefficient (Wildman–Crippen LogP) is 1.85. The van der Waals surface area contributed by atoms with E-state index in [-0.39, 0.29) is 11.3 Å². The smallest absolute Gasteiger partial charge is 0.299 e. The SMILES string of the molecule is Nc1ccnc2on(-c3ccc(N4CCN(C5CC5)CC4)cc3)c(=O)c12. The highest BCUT2D eigenvalue weighted by molar-refractivity contribution is 5.85. The first-order valence-corrected chi connectivity index (χ1v) is 9.07. The monoisotopic (exact) mass is 351 g/mol. The van der Waals surface area contributed by atoms with Crippen molar-refractivity contribution in [2.75, 3.05) is 36.8 Å². The highest BCUT2D eigenvalue weighted by Crippen LogP contribution is 2.28. The summed E-state index contributed by atoms with van der Waals surface area (Å²) in [6.45, 7) is 4.34. The second kappa shape index (κ2) is 5.88. The molecule has 7 nitrogen and oxygen atoms in total. The minimum atomic E-state index is -0.281. The molecular weight excluding hydrogens is 330 g/mol. The van der Waals surface area contributed by atoms with Crippen LogP contribution in [0.2, 0.25) is 0 Å². The predicted molar refractivity (Wildman–Crippen MR) is 101 cm³/mol. The number of hydrogen-bond donors (Lipinski definition) is 1. The van der Waals surface area contributed by atoms with Crippen molar-refractivity contribution >= 4 is 22.5 Å². The molecule has 26 heavy (non-hydrogen) atoms. The van der Waals surface area contributed by atoms with Crippen LogP contribution in [-0.4, -0.2) is 46.8 Å². The fraction of sp³-hybridized carbons (Fsp3) is 0.368. The van der Waals surface area contributed by atoms with Crippen molar-refractivity contribution in [3.05, 3.63) is 46.9 Å². The van der Waals surface area contributed by atoms with E-state index in [1.54, 1.807) is 6.07 Å². The van der Waals surface area contributed by atoms with Gasteiger partial charge in [-0.15, -0.1) is 4.74 Å². The van der Waals surface area contributed by atoms with Gasteiger partial charge >= 0.3 is 0 Å². The van der Waals surface area contributed by atoms with Gasteiger partial charge in [0.25, 0.3) is 11.3 Å². The molecule has 3 heterocycles. The minimum absolute atomic E-state index is 0.260. The van der Waals surface area contributed by atoms with Gasteiger partial charge in [0.15, 0.2) is 0 Å². The maximum absolute atomic E-state index is 12.6. The van der Waals surface area contributed by atoms with Crippen LogP contribution in [0.1, 0.15) is 12.8 Å². The summed E-state index contributed by atoms with van der Waals surface area (Å²) >= 11 is 0. The highest BCUT2D eigenvalue weighted by Gasteiger charge is 2.31. The van der Waals surface area contributed by atoms with Crippen molar-refractivity contribution < 1.29 is 4.52 Å². The number of benzene rings is 1. The third-order valence-corrected chi connectivity index (χ3v) is 5.35. The van der Waals surface area contributed by atoms with E-state index in [4.69, 9.17) is 10.3 Å². The Kier molecular flexibility index (Phi) is 3.49. The molecule has 3 aromatic rings. The van der Waals surface area contributed by atoms with Gasteiger partial charge in [0.1, 0.15) is 5.39 Å². The van der Waals surface area contributed by atoms with Gasteiger partial charge in [-0.25, -0.2) is 4.98 Å². The summed E-state index contributed by atoms with van der Waals surface area (Å²) in [5, 5.41) is 0.327. The molecule has 7 heteroatoms. The zero-order valence-electron chi connectivity index (χ0n) is 14.5. The van der Waals surface area contributed by atoms with Gasteiger partial charge in [-0.1, -0.05) is 0 Å². The molecule has 2 N–H and O–H groups in total. The molecule has 1 aliphatic heterocycles. The average molecular weight is 351 g/mol. The fourth-order valence-electron chi connectivity index (χ4n) is 3.72. The Bertz CT molecular complexity index is 995. The minimum Gasteiger partial charge on any atom is -0.398 e. The van der Waals surface area contributed by atoms with Crippen LogP contribution in [0.15, 0.2) is 45.8 Å². The lowest BCUT2D eigenvalue weighted by molar-refractivity contribution is 0.248. The first kappa shape index (κ1) is 15.5. The topological polar surface area (TPSA) is 80.5 Å². The molecule has 0 unspecified atom stereocenters. The van der Waals surface area contributed by atoms with Crippen molar-refractivity contribution in [1.29, 1.82) is 0 Å². The van der Waals surface area contributed by atoms with Gasteiger partial charge in [0.2, 0.25) is 0 Å². The molecule has 1 aliphatic carbocycles. The second-order valence-electron chi connectivity index (χ2n) is 7.04. The van der Waals surface area contributed by atoms with E-state index in [0.29, 0.717) is 16.8 Å². The van der Waals surface area contributed by atoms with Crippen molar-refractivity contribution in [1.82, 2.24) is 14.6 Å². The van der Waals surface area contributed by atoms with Gasteiger partial charge in [0.05, 0.1) is 11.4 Å². The molecule has 2 aromatic heterocycles. The largest absolute Gasteiger partial charge is 0.398 e. The Balaban J connectivity index is 1.39. The summed E-state index contributed by atoms with van der Waals surface area (Å²) in [7, 11) is 0. The molecule has 1 aromatic carbocycles. The van der Waals surface area contributed by atoms with Crippen LogP contribution >= 0.6 is 0 Å². The molecule has 2 fully saturated rings. The lowest BCUT2D eigenvalue weighted by Crippen LogP contribution is -2.47. The Morgan fingerprint density at radius 2 is 1.69 bits per heavy atom. The molecule has 0 bridgehead atoms. The molecular formula is C19H21N5O2. The Morgan fingerprint density at radius 3 is 2.35 bits per heavy atom. The van der Waals surface area contributed by atoms with Crippen molar-refractivity contribution in [3.63, 3.8) is 0 Å². The lowest BCUT2D eigenvalue weighted by Gasteiger charge is -2.36. The number of hydrogen-bond acceptors (Lipinski definition) is 6. The zero-order valence-corrected chi connectivity index (χ0v) is 14.5. The van der Waals surface area contributed by atoms with E-state index in [1.807, 2.05) is 24.3 Å². The summed E-state index contributed by atoms with van der Waals surface area (Å²) in [5.41, 5.74) is 8.09. The zero-order chi connectivity index (χ0) is 17.7. The normalized spacial score (nSPS) is 18.5. The van der Waals surface area contributed by atoms with E-state index in [9.17, 15) is 4.79 Å². The number of nitrogens with zero attached hydrogens (tertiary/aromatic N) is 4. The van der Waals surface area contributed by atoms with Gasteiger partial charge in [-0.2, -0.15) is 0 Å².